The van der Waals surface area contributed by atoms with Crippen molar-refractivity contribution in [2.24, 2.45) is 25.9 Å². The van der Waals surface area contributed by atoms with E-state index in [-0.39, 0.29) is 5.75 Å². The van der Waals surface area contributed by atoms with Crippen molar-refractivity contribution in [1.29, 1.82) is 0 Å². The first-order valence-corrected chi connectivity index (χ1v) is 12.1. The van der Waals surface area contributed by atoms with Gasteiger partial charge < -0.3 is 20.5 Å². The molecular formula is C26H26N6O2S. The summed E-state index contributed by atoms with van der Waals surface area (Å²) in [5, 5.41) is 18.9. The predicted octanol–water partition coefficient (Wildman–Crippen LogP) is 4.80. The van der Waals surface area contributed by atoms with Gasteiger partial charge in [0.05, 0.1) is 24.2 Å². The molecule has 178 valence electrons. The Kier molecular flexibility index (Phi) is 8.13. The van der Waals surface area contributed by atoms with Crippen LogP contribution in [0.25, 0.3) is 0 Å². The van der Waals surface area contributed by atoms with E-state index in [1.54, 1.807) is 42.2 Å². The molecule has 0 radical (unpaired) electrons. The number of aromatic hydroxyl groups is 1. The van der Waals surface area contributed by atoms with Crippen LogP contribution in [0.2, 0.25) is 0 Å². The number of phenols is 1. The number of nitrogens with zero attached hydrogens (tertiary/aromatic N) is 5. The first-order valence-electron chi connectivity index (χ1n) is 11.1. The maximum Gasteiger partial charge on any atom is 0.190 e. The molecular weight excluding hydrogens is 460 g/mol. The normalized spacial score (nSPS) is 15.5. The summed E-state index contributed by atoms with van der Waals surface area (Å²) < 4.78 is 5.77. The van der Waals surface area contributed by atoms with Crippen LogP contribution in [0.4, 0.5) is 11.4 Å². The number of aliphatic imine (C=N–C) groups is 2. The van der Waals surface area contributed by atoms with Gasteiger partial charge in [-0.05, 0) is 48.9 Å². The Bertz CT molecular complexity index is 1250. The molecule has 35 heavy (non-hydrogen) atoms. The van der Waals surface area contributed by atoms with Crippen molar-refractivity contribution in [3.63, 3.8) is 0 Å². The molecule has 1 heterocycles. The summed E-state index contributed by atoms with van der Waals surface area (Å²) in [6, 6.07) is 22.0. The smallest absolute Gasteiger partial charge is 0.190 e. The summed E-state index contributed by atoms with van der Waals surface area (Å²) in [5.41, 5.74) is 9.41. The number of thioether (sulfide) groups is 1. The summed E-state index contributed by atoms with van der Waals surface area (Å²) >= 11 is 1.67. The van der Waals surface area contributed by atoms with Crippen molar-refractivity contribution in [1.82, 2.24) is 0 Å². The maximum atomic E-state index is 9.31. The van der Waals surface area contributed by atoms with E-state index in [4.69, 9.17) is 10.5 Å². The Morgan fingerprint density at radius 1 is 1.09 bits per heavy atom. The number of amidine groups is 2. The van der Waals surface area contributed by atoms with Gasteiger partial charge in [-0.2, -0.15) is 5.10 Å². The zero-order valence-corrected chi connectivity index (χ0v) is 20.1. The van der Waals surface area contributed by atoms with Crippen LogP contribution in [0, 0.1) is 0 Å². The molecule has 0 atom stereocenters. The van der Waals surface area contributed by atoms with Crippen molar-refractivity contribution in [2.75, 3.05) is 23.8 Å². The number of hydrogen-bond donors (Lipinski definition) is 2. The minimum Gasteiger partial charge on any atom is -0.508 e. The minimum atomic E-state index is 0.188. The molecule has 1 aliphatic heterocycles. The van der Waals surface area contributed by atoms with Crippen LogP contribution in [-0.4, -0.2) is 47.6 Å². The van der Waals surface area contributed by atoms with Gasteiger partial charge in [0, 0.05) is 17.9 Å². The zero-order chi connectivity index (χ0) is 24.5. The number of hydrogen-bond acceptors (Lipinski definition) is 6. The van der Waals surface area contributed by atoms with Crippen LogP contribution in [-0.2, 0) is 0 Å². The first kappa shape index (κ1) is 24.0. The van der Waals surface area contributed by atoms with Gasteiger partial charge in [-0.3, -0.25) is 0 Å². The fourth-order valence-corrected chi connectivity index (χ4v) is 4.23. The van der Waals surface area contributed by atoms with E-state index in [2.05, 4.69) is 25.1 Å². The van der Waals surface area contributed by atoms with Gasteiger partial charge in [-0.25, -0.2) is 9.98 Å². The number of anilines is 1. The first-order chi connectivity index (χ1) is 17.1. The number of ether oxygens (including phenoxy) is 1. The molecule has 0 amide bonds. The highest BCUT2D eigenvalue weighted by atomic mass is 32.2. The van der Waals surface area contributed by atoms with Gasteiger partial charge in [0.15, 0.2) is 5.17 Å². The summed E-state index contributed by atoms with van der Waals surface area (Å²) in [6.45, 7) is 3.44. The van der Waals surface area contributed by atoms with Crippen molar-refractivity contribution in [3.8, 4) is 11.5 Å². The van der Waals surface area contributed by atoms with Crippen molar-refractivity contribution in [3.05, 3.63) is 83.9 Å². The third-order valence-electron chi connectivity index (χ3n) is 5.04. The lowest BCUT2D eigenvalue weighted by molar-refractivity contribution is 0.341. The highest BCUT2D eigenvalue weighted by Crippen LogP contribution is 2.33. The monoisotopic (exact) mass is 486 g/mol. The fourth-order valence-electron chi connectivity index (χ4n) is 3.32. The zero-order valence-electron chi connectivity index (χ0n) is 19.3. The minimum absolute atomic E-state index is 0.188. The summed E-state index contributed by atoms with van der Waals surface area (Å²) in [6.07, 6.45) is 3.10. The Morgan fingerprint density at radius 3 is 2.63 bits per heavy atom. The lowest BCUT2D eigenvalue weighted by Gasteiger charge is -2.20. The van der Waals surface area contributed by atoms with Gasteiger partial charge in [0.1, 0.15) is 23.7 Å². The van der Waals surface area contributed by atoms with E-state index in [9.17, 15) is 5.11 Å². The number of phenolic OH excluding ortho intramolecular Hbond substituents is 1. The van der Waals surface area contributed by atoms with E-state index in [0.717, 1.165) is 40.0 Å². The Balaban J connectivity index is 1.40. The van der Waals surface area contributed by atoms with Crippen LogP contribution >= 0.6 is 11.8 Å². The number of para-hydroxylation sites is 2. The molecule has 0 spiro atoms. The van der Waals surface area contributed by atoms with Gasteiger partial charge >= 0.3 is 0 Å². The molecule has 0 bridgehead atoms. The standard InChI is InChI=1S/C26H26N6O2S/c1-2-34-24-6-4-3-5-23(24)32-15-16-35-26(32)31-30-17-19-7-9-20(10-8-19)25(27)29-18-28-21-11-13-22(33)14-12-21/h3-14,17-18,33H,2,15-16H2,1H3,(H2,27,28,29)/b30-17+,31-26-. The third-order valence-corrected chi connectivity index (χ3v) is 5.99. The van der Waals surface area contributed by atoms with E-state index in [0.29, 0.717) is 18.1 Å². The number of nitrogens with two attached hydrogens (primary N) is 1. The van der Waals surface area contributed by atoms with Gasteiger partial charge in [0.2, 0.25) is 0 Å². The lowest BCUT2D eigenvalue weighted by atomic mass is 10.1. The Labute approximate surface area is 208 Å². The Morgan fingerprint density at radius 2 is 1.86 bits per heavy atom. The van der Waals surface area contributed by atoms with Crippen LogP contribution in [0.15, 0.2) is 93.0 Å². The average Bonchev–Trinajstić information content (AvgIpc) is 3.34. The average molecular weight is 487 g/mol. The van der Waals surface area contributed by atoms with E-state index >= 15 is 0 Å². The Hall–Kier alpha value is -4.11. The molecule has 0 aliphatic carbocycles. The van der Waals surface area contributed by atoms with Crippen molar-refractivity contribution in [2.45, 2.75) is 6.92 Å². The molecule has 4 rings (SSSR count). The molecule has 3 aromatic carbocycles. The SMILES string of the molecule is CCOc1ccccc1N1CCS/C1=N\N=C\c1ccc(C(N)=NC=Nc2ccc(O)cc2)cc1. The molecule has 8 nitrogen and oxygen atoms in total. The maximum absolute atomic E-state index is 9.31. The second-order valence-electron chi connectivity index (χ2n) is 7.43. The van der Waals surface area contributed by atoms with Crippen LogP contribution in [0.5, 0.6) is 11.5 Å². The number of rotatable bonds is 8. The van der Waals surface area contributed by atoms with Crippen LogP contribution < -0.4 is 15.4 Å². The van der Waals surface area contributed by atoms with Crippen molar-refractivity contribution >= 4 is 46.7 Å². The fraction of sp³-hybridized carbons (Fsp3) is 0.154. The van der Waals surface area contributed by atoms with Crippen LogP contribution in [0.3, 0.4) is 0 Å². The molecule has 0 saturated carbocycles. The molecule has 3 aromatic rings. The van der Waals surface area contributed by atoms with E-state index in [1.807, 2.05) is 55.5 Å². The highest BCUT2D eigenvalue weighted by molar-refractivity contribution is 8.14. The largest absolute Gasteiger partial charge is 0.508 e. The van der Waals surface area contributed by atoms with E-state index in [1.165, 1.54) is 6.34 Å². The molecule has 0 unspecified atom stereocenters. The summed E-state index contributed by atoms with van der Waals surface area (Å²) in [4.78, 5) is 10.5. The van der Waals surface area contributed by atoms with Crippen molar-refractivity contribution < 1.29 is 9.84 Å². The predicted molar refractivity (Wildman–Crippen MR) is 146 cm³/mol. The molecule has 9 heteroatoms. The molecule has 0 aromatic heterocycles. The lowest BCUT2D eigenvalue weighted by Crippen LogP contribution is -2.24. The second kappa shape index (κ2) is 11.8. The van der Waals surface area contributed by atoms with Crippen LogP contribution in [0.1, 0.15) is 18.1 Å². The van der Waals surface area contributed by atoms with Gasteiger partial charge in [-0.1, -0.05) is 48.2 Å². The molecule has 1 fully saturated rings. The molecule has 1 saturated heterocycles. The van der Waals surface area contributed by atoms with Gasteiger partial charge in [-0.15, -0.1) is 5.10 Å². The molecule has 3 N–H and O–H groups in total. The van der Waals surface area contributed by atoms with Gasteiger partial charge in [0.25, 0.3) is 0 Å². The van der Waals surface area contributed by atoms with E-state index < -0.39 is 0 Å². The topological polar surface area (TPSA) is 108 Å². The second-order valence-corrected chi connectivity index (χ2v) is 8.49. The molecule has 1 aliphatic rings. The highest BCUT2D eigenvalue weighted by Gasteiger charge is 2.23. The quantitative estimate of drug-likeness (QED) is 0.270. The number of benzene rings is 3. The summed E-state index contributed by atoms with van der Waals surface area (Å²) in [5.74, 6) is 2.32. The summed E-state index contributed by atoms with van der Waals surface area (Å²) in [7, 11) is 0. The third kappa shape index (κ3) is 6.48.